The maximum absolute atomic E-state index is 12.6. The molecule has 2 amide bonds. The summed E-state index contributed by atoms with van der Waals surface area (Å²) in [6, 6.07) is 11.6. The summed E-state index contributed by atoms with van der Waals surface area (Å²) in [6.45, 7) is 1.33. The van der Waals surface area contributed by atoms with E-state index >= 15 is 0 Å². The van der Waals surface area contributed by atoms with Crippen LogP contribution >= 0.6 is 11.3 Å². The Hall–Kier alpha value is -2.34. The Morgan fingerprint density at radius 3 is 2.80 bits per heavy atom. The number of aliphatic carboxylic acids is 1. The highest BCUT2D eigenvalue weighted by atomic mass is 32.1. The molecule has 0 fully saturated rings. The summed E-state index contributed by atoms with van der Waals surface area (Å²) >= 11 is 1.74. The predicted molar refractivity (Wildman–Crippen MR) is 97.8 cm³/mol. The summed E-state index contributed by atoms with van der Waals surface area (Å²) in [5, 5.41) is 14.1. The van der Waals surface area contributed by atoms with E-state index < -0.39 is 5.97 Å². The van der Waals surface area contributed by atoms with E-state index in [4.69, 9.17) is 5.11 Å². The van der Waals surface area contributed by atoms with E-state index in [2.05, 4.69) is 16.8 Å². The van der Waals surface area contributed by atoms with Gasteiger partial charge in [-0.05, 0) is 41.8 Å². The van der Waals surface area contributed by atoms with Crippen LogP contribution in [0.3, 0.4) is 0 Å². The van der Waals surface area contributed by atoms with Gasteiger partial charge in [-0.3, -0.25) is 4.79 Å². The molecule has 0 saturated heterocycles. The largest absolute Gasteiger partial charge is 0.481 e. The van der Waals surface area contributed by atoms with E-state index in [1.54, 1.807) is 11.3 Å². The summed E-state index contributed by atoms with van der Waals surface area (Å²) < 4.78 is 0. The summed E-state index contributed by atoms with van der Waals surface area (Å²) in [5.74, 6) is -0.840. The van der Waals surface area contributed by atoms with Gasteiger partial charge in [0.2, 0.25) is 0 Å². The van der Waals surface area contributed by atoms with E-state index in [0.29, 0.717) is 25.9 Å². The zero-order valence-electron chi connectivity index (χ0n) is 14.0. The number of carboxylic acids is 1. The first-order valence-electron chi connectivity index (χ1n) is 8.48. The number of urea groups is 1. The van der Waals surface area contributed by atoms with Gasteiger partial charge in [0.1, 0.15) is 0 Å². The van der Waals surface area contributed by atoms with Crippen molar-refractivity contribution in [2.45, 2.75) is 38.3 Å². The van der Waals surface area contributed by atoms with Crippen LogP contribution in [0.15, 0.2) is 41.8 Å². The Morgan fingerprint density at radius 1 is 1.24 bits per heavy atom. The van der Waals surface area contributed by atoms with Crippen molar-refractivity contribution in [2.75, 3.05) is 6.54 Å². The van der Waals surface area contributed by atoms with Gasteiger partial charge < -0.3 is 15.3 Å². The minimum atomic E-state index is -0.840. The van der Waals surface area contributed by atoms with E-state index in [0.717, 1.165) is 12.0 Å². The van der Waals surface area contributed by atoms with Crippen LogP contribution in [0.4, 0.5) is 4.79 Å². The third-order valence-corrected chi connectivity index (χ3v) is 5.48. The first-order valence-corrected chi connectivity index (χ1v) is 9.36. The normalized spacial score (nSPS) is 14.6. The number of carboxylic acid groups (broad SMARTS) is 1. The van der Waals surface area contributed by atoms with E-state index in [9.17, 15) is 9.59 Å². The van der Waals surface area contributed by atoms with Gasteiger partial charge in [-0.25, -0.2) is 4.79 Å². The first kappa shape index (κ1) is 17.5. The van der Waals surface area contributed by atoms with Crippen molar-refractivity contribution in [3.63, 3.8) is 0 Å². The predicted octanol–water partition coefficient (Wildman–Crippen LogP) is 3.29. The molecule has 2 heterocycles. The standard InChI is InChI=1S/C19H22N2O3S/c22-18(23)7-6-16(12-14-4-2-1-3-5-14)20-19(24)21-10-8-17-15(13-21)9-11-25-17/h1-5,9,11,16H,6-8,10,12-13H2,(H,20,24)(H,22,23). The maximum atomic E-state index is 12.6. The number of hydrogen-bond acceptors (Lipinski definition) is 3. The van der Waals surface area contributed by atoms with Crippen molar-refractivity contribution in [3.8, 4) is 0 Å². The van der Waals surface area contributed by atoms with Gasteiger partial charge in [0.05, 0.1) is 0 Å². The molecule has 0 spiro atoms. The van der Waals surface area contributed by atoms with Crippen molar-refractivity contribution in [2.24, 2.45) is 0 Å². The summed E-state index contributed by atoms with van der Waals surface area (Å²) in [4.78, 5) is 26.7. The topological polar surface area (TPSA) is 69.6 Å². The van der Waals surface area contributed by atoms with E-state index in [-0.39, 0.29) is 18.5 Å². The lowest BCUT2D eigenvalue weighted by atomic mass is 10.0. The number of carbonyl (C=O) groups excluding carboxylic acids is 1. The Balaban J connectivity index is 1.62. The van der Waals surface area contributed by atoms with Gasteiger partial charge >= 0.3 is 12.0 Å². The maximum Gasteiger partial charge on any atom is 0.317 e. The zero-order chi connectivity index (χ0) is 17.6. The molecule has 5 nitrogen and oxygen atoms in total. The highest BCUT2D eigenvalue weighted by Crippen LogP contribution is 2.24. The van der Waals surface area contributed by atoms with Crippen LogP contribution in [-0.4, -0.2) is 34.6 Å². The molecule has 1 aromatic heterocycles. The Morgan fingerprint density at radius 2 is 2.04 bits per heavy atom. The minimum absolute atomic E-state index is 0.0481. The number of carbonyl (C=O) groups is 2. The number of hydrogen-bond donors (Lipinski definition) is 2. The summed E-state index contributed by atoms with van der Waals surface area (Å²) in [6.07, 6.45) is 2.00. The molecule has 1 aromatic carbocycles. The van der Waals surface area contributed by atoms with Gasteiger partial charge in [-0.2, -0.15) is 0 Å². The molecule has 1 atom stereocenters. The van der Waals surface area contributed by atoms with Crippen LogP contribution in [0.2, 0.25) is 0 Å². The molecule has 2 aromatic rings. The second-order valence-corrected chi connectivity index (χ2v) is 7.31. The third-order valence-electron chi connectivity index (χ3n) is 4.45. The Bertz CT molecular complexity index is 729. The second-order valence-electron chi connectivity index (χ2n) is 6.31. The lowest BCUT2D eigenvalue weighted by molar-refractivity contribution is -0.137. The second kappa shape index (κ2) is 8.16. The van der Waals surface area contributed by atoms with Gasteiger partial charge in [-0.1, -0.05) is 30.3 Å². The van der Waals surface area contributed by atoms with Crippen molar-refractivity contribution in [1.82, 2.24) is 10.2 Å². The molecule has 2 N–H and O–H groups in total. The highest BCUT2D eigenvalue weighted by Gasteiger charge is 2.23. The Kier molecular flexibility index (Phi) is 5.71. The summed E-state index contributed by atoms with van der Waals surface area (Å²) in [5.41, 5.74) is 2.31. The molecule has 25 heavy (non-hydrogen) atoms. The molecule has 6 heteroatoms. The molecule has 1 unspecified atom stereocenters. The van der Waals surface area contributed by atoms with Crippen LogP contribution in [0.1, 0.15) is 28.8 Å². The quantitative estimate of drug-likeness (QED) is 0.832. The van der Waals surface area contributed by atoms with Gasteiger partial charge in [-0.15, -0.1) is 11.3 Å². The van der Waals surface area contributed by atoms with Crippen LogP contribution in [0, 0.1) is 0 Å². The molecular formula is C19H22N2O3S. The number of rotatable bonds is 6. The van der Waals surface area contributed by atoms with Gasteiger partial charge in [0.15, 0.2) is 0 Å². The molecule has 0 radical (unpaired) electrons. The molecule has 132 valence electrons. The molecule has 1 aliphatic heterocycles. The zero-order valence-corrected chi connectivity index (χ0v) is 14.8. The van der Waals surface area contributed by atoms with Crippen LogP contribution in [0.5, 0.6) is 0 Å². The van der Waals surface area contributed by atoms with Crippen LogP contribution in [-0.2, 0) is 24.2 Å². The molecule has 1 aliphatic rings. The summed E-state index contributed by atoms with van der Waals surface area (Å²) in [7, 11) is 0. The van der Waals surface area contributed by atoms with E-state index in [1.165, 1.54) is 10.4 Å². The molecule has 0 bridgehead atoms. The molecule has 3 rings (SSSR count). The molecular weight excluding hydrogens is 336 g/mol. The van der Waals surface area contributed by atoms with Gasteiger partial charge in [0, 0.05) is 30.4 Å². The average molecular weight is 358 g/mol. The Labute approximate surface area is 151 Å². The fraction of sp³-hybridized carbons (Fsp3) is 0.368. The lowest BCUT2D eigenvalue weighted by Gasteiger charge is -2.29. The molecule has 0 aliphatic carbocycles. The number of fused-ring (bicyclic) bond motifs is 1. The monoisotopic (exact) mass is 358 g/mol. The van der Waals surface area contributed by atoms with Crippen LogP contribution < -0.4 is 5.32 Å². The fourth-order valence-corrected chi connectivity index (χ4v) is 4.00. The molecule has 0 saturated carbocycles. The van der Waals surface area contributed by atoms with Crippen LogP contribution in [0.25, 0.3) is 0 Å². The van der Waals surface area contributed by atoms with Crippen molar-refractivity contribution < 1.29 is 14.7 Å². The first-order chi connectivity index (χ1) is 12.1. The number of benzene rings is 1. The van der Waals surface area contributed by atoms with E-state index in [1.807, 2.05) is 35.2 Å². The average Bonchev–Trinajstić information content (AvgIpc) is 3.08. The van der Waals surface area contributed by atoms with Crippen molar-refractivity contribution in [1.29, 1.82) is 0 Å². The SMILES string of the molecule is O=C(O)CCC(Cc1ccccc1)NC(=O)N1CCc2sccc2C1. The number of nitrogens with zero attached hydrogens (tertiary/aromatic N) is 1. The fourth-order valence-electron chi connectivity index (χ4n) is 3.11. The smallest absolute Gasteiger partial charge is 0.317 e. The minimum Gasteiger partial charge on any atom is -0.481 e. The number of nitrogens with one attached hydrogen (secondary N) is 1. The lowest BCUT2D eigenvalue weighted by Crippen LogP contribution is -2.47. The van der Waals surface area contributed by atoms with Gasteiger partial charge in [0.25, 0.3) is 0 Å². The highest BCUT2D eigenvalue weighted by molar-refractivity contribution is 7.10. The van der Waals surface area contributed by atoms with Crippen molar-refractivity contribution in [3.05, 3.63) is 57.8 Å². The number of thiophene rings is 1. The van der Waals surface area contributed by atoms with Crippen molar-refractivity contribution >= 4 is 23.3 Å². The number of amides is 2. The third kappa shape index (κ3) is 4.82.